The van der Waals surface area contributed by atoms with Gasteiger partial charge >= 0.3 is 6.18 Å². The number of carbonyl (C=O) groups excluding carboxylic acids is 1. The van der Waals surface area contributed by atoms with Gasteiger partial charge < -0.3 is 9.80 Å². The van der Waals surface area contributed by atoms with Gasteiger partial charge in [0.2, 0.25) is 5.91 Å². The Morgan fingerprint density at radius 1 is 0.939 bits per heavy atom. The summed E-state index contributed by atoms with van der Waals surface area (Å²) < 4.78 is 38.6. The second-order valence-electron chi connectivity index (χ2n) is 7.97. The molecule has 0 aliphatic carbocycles. The molecule has 1 saturated heterocycles. The molecule has 0 N–H and O–H groups in total. The summed E-state index contributed by atoms with van der Waals surface area (Å²) in [5.74, 6) is 0.297. The van der Waals surface area contributed by atoms with Crippen molar-refractivity contribution in [2.24, 2.45) is 0 Å². The zero-order chi connectivity index (χ0) is 23.4. The van der Waals surface area contributed by atoms with Crippen LogP contribution in [0.5, 0.6) is 0 Å². The molecule has 0 bridgehead atoms. The maximum atomic E-state index is 13.2. The summed E-state index contributed by atoms with van der Waals surface area (Å²) in [6, 6.07) is 20.8. The van der Waals surface area contributed by atoms with Gasteiger partial charge in [0.15, 0.2) is 0 Å². The summed E-state index contributed by atoms with van der Waals surface area (Å²) in [5, 5.41) is -0.0437. The number of piperazine rings is 1. The average molecular weight is 474 g/mol. The first-order valence-corrected chi connectivity index (χ1v) is 11.1. The van der Waals surface area contributed by atoms with Gasteiger partial charge in [0.05, 0.1) is 10.6 Å². The smallest absolute Gasteiger partial charge is 0.352 e. The Hall–Kier alpha value is -3.06. The molecule has 0 saturated carbocycles. The Balaban J connectivity index is 1.43. The van der Waals surface area contributed by atoms with Crippen molar-refractivity contribution in [1.29, 1.82) is 0 Å². The highest BCUT2D eigenvalue weighted by molar-refractivity contribution is 6.33. The Morgan fingerprint density at radius 3 is 1.97 bits per heavy atom. The zero-order valence-corrected chi connectivity index (χ0v) is 18.6. The highest BCUT2D eigenvalue weighted by Gasteiger charge is 2.32. The van der Waals surface area contributed by atoms with Gasteiger partial charge in [-0.3, -0.25) is 4.79 Å². The molecule has 0 spiro atoms. The van der Waals surface area contributed by atoms with E-state index in [1.54, 1.807) is 4.90 Å². The first-order chi connectivity index (χ1) is 15.8. The van der Waals surface area contributed by atoms with Gasteiger partial charge in [-0.25, -0.2) is 4.98 Å². The molecule has 33 heavy (non-hydrogen) atoms. The third-order valence-corrected chi connectivity index (χ3v) is 6.14. The summed E-state index contributed by atoms with van der Waals surface area (Å²) in [4.78, 5) is 20.7. The third-order valence-electron chi connectivity index (χ3n) is 5.86. The predicted octanol–water partition coefficient (Wildman–Crippen LogP) is 5.62. The molecule has 1 aliphatic rings. The molecular weight excluding hydrogens is 451 g/mol. The lowest BCUT2D eigenvalue weighted by Crippen LogP contribution is -2.49. The number of hydrogen-bond acceptors (Lipinski definition) is 3. The van der Waals surface area contributed by atoms with E-state index in [9.17, 15) is 18.0 Å². The van der Waals surface area contributed by atoms with Crippen LogP contribution in [0.25, 0.3) is 0 Å². The van der Waals surface area contributed by atoms with E-state index < -0.39 is 11.7 Å². The molecule has 2 aromatic carbocycles. The van der Waals surface area contributed by atoms with E-state index in [0.29, 0.717) is 38.4 Å². The van der Waals surface area contributed by atoms with Gasteiger partial charge in [0, 0.05) is 44.7 Å². The van der Waals surface area contributed by atoms with Crippen LogP contribution in [0, 0.1) is 0 Å². The van der Waals surface area contributed by atoms with Gasteiger partial charge in [-0.15, -0.1) is 0 Å². The molecular formula is C25H23ClF3N3O. The zero-order valence-electron chi connectivity index (χ0n) is 17.8. The van der Waals surface area contributed by atoms with Crippen LogP contribution in [0.2, 0.25) is 5.02 Å². The number of anilines is 1. The fourth-order valence-corrected chi connectivity index (χ4v) is 4.37. The second-order valence-corrected chi connectivity index (χ2v) is 8.38. The third kappa shape index (κ3) is 5.47. The number of halogens is 4. The molecule has 1 fully saturated rings. The fourth-order valence-electron chi connectivity index (χ4n) is 4.09. The van der Waals surface area contributed by atoms with E-state index in [0.717, 1.165) is 23.4 Å². The topological polar surface area (TPSA) is 36.4 Å². The summed E-state index contributed by atoms with van der Waals surface area (Å²) in [6.07, 6.45) is -3.36. The van der Waals surface area contributed by atoms with E-state index in [-0.39, 0.29) is 16.8 Å². The molecule has 3 aromatic rings. The van der Waals surface area contributed by atoms with Crippen molar-refractivity contribution in [1.82, 2.24) is 9.88 Å². The number of pyridine rings is 1. The molecule has 1 aliphatic heterocycles. The van der Waals surface area contributed by atoms with Gasteiger partial charge in [0.25, 0.3) is 0 Å². The molecule has 0 atom stereocenters. The summed E-state index contributed by atoms with van der Waals surface area (Å²) in [5.41, 5.74) is 1.28. The first-order valence-electron chi connectivity index (χ1n) is 10.7. The first kappa shape index (κ1) is 23.1. The van der Waals surface area contributed by atoms with Crippen LogP contribution in [0.15, 0.2) is 72.9 Å². The van der Waals surface area contributed by atoms with Gasteiger partial charge in [0.1, 0.15) is 5.82 Å². The molecule has 0 unspecified atom stereocenters. The maximum absolute atomic E-state index is 13.2. The number of rotatable bonds is 5. The Kier molecular flexibility index (Phi) is 6.88. The van der Waals surface area contributed by atoms with Crippen molar-refractivity contribution in [2.75, 3.05) is 31.1 Å². The quantitative estimate of drug-likeness (QED) is 0.482. The van der Waals surface area contributed by atoms with Gasteiger partial charge in [-0.05, 0) is 17.2 Å². The van der Waals surface area contributed by atoms with E-state index >= 15 is 0 Å². The summed E-state index contributed by atoms with van der Waals surface area (Å²) in [7, 11) is 0. The van der Waals surface area contributed by atoms with E-state index in [4.69, 9.17) is 11.6 Å². The Labute approximate surface area is 195 Å². The molecule has 8 heteroatoms. The van der Waals surface area contributed by atoms with E-state index in [1.807, 2.05) is 65.6 Å². The lowest BCUT2D eigenvalue weighted by Gasteiger charge is -2.36. The minimum absolute atomic E-state index is 0.0406. The molecule has 4 nitrogen and oxygen atoms in total. The van der Waals surface area contributed by atoms with Crippen molar-refractivity contribution in [3.8, 4) is 0 Å². The van der Waals surface area contributed by atoms with Crippen molar-refractivity contribution in [3.63, 3.8) is 0 Å². The average Bonchev–Trinajstić information content (AvgIpc) is 2.83. The van der Waals surface area contributed by atoms with Crippen LogP contribution < -0.4 is 4.90 Å². The van der Waals surface area contributed by atoms with E-state index in [2.05, 4.69) is 4.98 Å². The molecule has 1 aromatic heterocycles. The van der Waals surface area contributed by atoms with Crippen LogP contribution in [-0.4, -0.2) is 42.0 Å². The number of nitrogens with zero attached hydrogens (tertiary/aromatic N) is 3. The second kappa shape index (κ2) is 9.83. The van der Waals surface area contributed by atoms with E-state index in [1.165, 1.54) is 0 Å². The van der Waals surface area contributed by atoms with Crippen LogP contribution in [0.3, 0.4) is 0 Å². The molecule has 172 valence electrons. The van der Waals surface area contributed by atoms with Crippen LogP contribution in [-0.2, 0) is 11.0 Å². The van der Waals surface area contributed by atoms with Crippen molar-refractivity contribution < 1.29 is 18.0 Å². The lowest BCUT2D eigenvalue weighted by atomic mass is 9.88. The Bertz CT molecular complexity index is 1050. The maximum Gasteiger partial charge on any atom is 0.417 e. The van der Waals surface area contributed by atoms with Crippen LogP contribution in [0.1, 0.15) is 29.0 Å². The normalized spacial score (nSPS) is 14.6. The monoisotopic (exact) mass is 473 g/mol. The molecule has 2 heterocycles. The minimum atomic E-state index is -4.49. The number of alkyl halides is 3. The molecule has 0 radical (unpaired) electrons. The van der Waals surface area contributed by atoms with Crippen molar-refractivity contribution in [3.05, 3.63) is 94.6 Å². The van der Waals surface area contributed by atoms with Crippen molar-refractivity contribution in [2.45, 2.75) is 18.5 Å². The van der Waals surface area contributed by atoms with Crippen LogP contribution >= 0.6 is 11.6 Å². The van der Waals surface area contributed by atoms with Gasteiger partial charge in [-0.2, -0.15) is 13.2 Å². The van der Waals surface area contributed by atoms with Crippen LogP contribution in [0.4, 0.5) is 19.0 Å². The lowest BCUT2D eigenvalue weighted by molar-refractivity contribution is -0.137. The van der Waals surface area contributed by atoms with Crippen molar-refractivity contribution >= 4 is 23.3 Å². The predicted molar refractivity (Wildman–Crippen MR) is 122 cm³/mol. The SMILES string of the molecule is O=C(CC(c1ccccc1)c1ccccc1)N1CCN(c2ncc(C(F)(F)F)cc2Cl)CC1. The number of benzene rings is 2. The minimum Gasteiger partial charge on any atom is -0.352 e. The summed E-state index contributed by atoms with van der Waals surface area (Å²) >= 11 is 6.09. The molecule has 1 amide bonds. The fraction of sp³-hybridized carbons (Fsp3) is 0.280. The highest BCUT2D eigenvalue weighted by Crippen LogP contribution is 2.34. The number of amides is 1. The Morgan fingerprint density at radius 2 is 1.48 bits per heavy atom. The summed E-state index contributed by atoms with van der Waals surface area (Å²) in [6.45, 7) is 1.80. The standard InChI is InChI=1S/C25H23ClF3N3O/c26-22-15-20(25(27,28)29)17-30-24(22)32-13-11-31(12-14-32)23(33)16-21(18-7-3-1-4-8-18)19-9-5-2-6-10-19/h1-10,15,17,21H,11-14,16H2. The number of carbonyl (C=O) groups is 1. The molecule has 4 rings (SSSR count). The van der Waals surface area contributed by atoms with Gasteiger partial charge in [-0.1, -0.05) is 72.3 Å². The number of hydrogen-bond donors (Lipinski definition) is 0. The number of aromatic nitrogens is 1. The largest absolute Gasteiger partial charge is 0.417 e. The highest BCUT2D eigenvalue weighted by atomic mass is 35.5.